The van der Waals surface area contributed by atoms with Crippen LogP contribution in [0, 0.1) is 23.7 Å². The maximum atomic E-state index is 12.9. The fourth-order valence-corrected chi connectivity index (χ4v) is 3.88. The van der Waals surface area contributed by atoms with Gasteiger partial charge in [-0.2, -0.15) is 10.2 Å². The lowest BCUT2D eigenvalue weighted by molar-refractivity contribution is 0.0696. The van der Waals surface area contributed by atoms with E-state index >= 15 is 0 Å². The summed E-state index contributed by atoms with van der Waals surface area (Å²) in [6.07, 6.45) is 2.90. The lowest BCUT2D eigenvalue weighted by Crippen LogP contribution is -2.20. The molecule has 5 rings (SSSR count). The molecule has 0 saturated heterocycles. The predicted molar refractivity (Wildman–Crippen MR) is 169 cm³/mol. The highest BCUT2D eigenvalue weighted by Gasteiger charge is 2.16. The highest BCUT2D eigenvalue weighted by atomic mass is 16.5. The standard InChI is InChI=1S/C27H24N6O4.C3H4N2.C2H6/c1-3-32-16-29-24-23(32)25(34)31-27(33(24)15-18-6-4-17(2)5-7-18)30-20-9-11-21(12-10-20)37-22-13-8-19(14-28-22)26(35)36;1-3(5)2-4;1-2/h4-14,16H,3,15H2,1-2H3,(H,35,36)(H,30,31,34);5H,1H3;1-2H3. The fraction of sp³-hybridized carbons (Fsp3) is 0.219. The number of anilines is 2. The third-order valence-electron chi connectivity index (χ3n) is 6.03. The van der Waals surface area contributed by atoms with E-state index in [0.29, 0.717) is 41.6 Å². The first kappa shape index (κ1) is 32.7. The number of aromatic nitrogens is 5. The summed E-state index contributed by atoms with van der Waals surface area (Å²) in [7, 11) is 0. The molecule has 226 valence electrons. The van der Waals surface area contributed by atoms with Crippen LogP contribution in [-0.2, 0) is 13.1 Å². The van der Waals surface area contributed by atoms with E-state index in [-0.39, 0.29) is 22.7 Å². The summed E-state index contributed by atoms with van der Waals surface area (Å²) in [5.74, 6) is 0.113. The van der Waals surface area contributed by atoms with Crippen LogP contribution in [0.25, 0.3) is 11.2 Å². The van der Waals surface area contributed by atoms with Crippen LogP contribution in [0.4, 0.5) is 11.6 Å². The molecule has 0 aliphatic heterocycles. The van der Waals surface area contributed by atoms with Crippen LogP contribution in [0.15, 0.2) is 78.0 Å². The number of aromatic carboxylic acids is 1. The van der Waals surface area contributed by atoms with Crippen LogP contribution in [-0.4, -0.2) is 40.9 Å². The molecule has 0 atom stereocenters. The number of nitriles is 1. The minimum absolute atomic E-state index is 0.0602. The van der Waals surface area contributed by atoms with Gasteiger partial charge in [0.05, 0.1) is 18.4 Å². The van der Waals surface area contributed by atoms with E-state index in [4.69, 9.17) is 20.5 Å². The molecular formula is C32H34N8O4. The van der Waals surface area contributed by atoms with Crippen molar-refractivity contribution < 1.29 is 14.6 Å². The number of fused-ring (bicyclic) bond motifs is 1. The van der Waals surface area contributed by atoms with Gasteiger partial charge >= 0.3 is 11.5 Å². The molecule has 0 saturated carbocycles. The van der Waals surface area contributed by atoms with E-state index in [2.05, 4.69) is 20.3 Å². The summed E-state index contributed by atoms with van der Waals surface area (Å²) < 4.78 is 9.40. The van der Waals surface area contributed by atoms with Gasteiger partial charge in [-0.25, -0.2) is 14.8 Å². The van der Waals surface area contributed by atoms with Gasteiger partial charge in [-0.15, -0.1) is 0 Å². The number of rotatable bonds is 8. The molecule has 3 aromatic heterocycles. The van der Waals surface area contributed by atoms with Crippen LogP contribution in [0.1, 0.15) is 49.2 Å². The molecule has 0 fully saturated rings. The summed E-state index contributed by atoms with van der Waals surface area (Å²) in [6.45, 7) is 10.5. The average molecular weight is 595 g/mol. The second kappa shape index (κ2) is 15.4. The quantitative estimate of drug-likeness (QED) is 0.177. The molecule has 12 heteroatoms. The van der Waals surface area contributed by atoms with Gasteiger partial charge in [0, 0.05) is 24.5 Å². The maximum Gasteiger partial charge on any atom is 0.337 e. The summed E-state index contributed by atoms with van der Waals surface area (Å²) in [5.41, 5.74) is 3.72. The number of ether oxygens (including phenoxy) is 1. The van der Waals surface area contributed by atoms with E-state index in [9.17, 15) is 9.59 Å². The normalized spacial score (nSPS) is 10.0. The number of nitrogens with one attached hydrogen (secondary N) is 2. The molecule has 3 N–H and O–H groups in total. The number of benzene rings is 2. The van der Waals surface area contributed by atoms with E-state index in [0.717, 1.165) is 11.1 Å². The highest BCUT2D eigenvalue weighted by molar-refractivity contribution is 5.93. The van der Waals surface area contributed by atoms with Crippen LogP contribution in [0.3, 0.4) is 0 Å². The van der Waals surface area contributed by atoms with Crippen molar-refractivity contribution in [2.24, 2.45) is 0 Å². The van der Waals surface area contributed by atoms with Crippen molar-refractivity contribution in [1.29, 1.82) is 10.7 Å². The largest absolute Gasteiger partial charge is 0.478 e. The van der Waals surface area contributed by atoms with Crippen molar-refractivity contribution in [1.82, 2.24) is 24.1 Å². The Morgan fingerprint density at radius 2 is 1.73 bits per heavy atom. The smallest absolute Gasteiger partial charge is 0.337 e. The van der Waals surface area contributed by atoms with Crippen molar-refractivity contribution in [2.45, 2.75) is 47.7 Å². The molecule has 0 radical (unpaired) electrons. The average Bonchev–Trinajstić information content (AvgIpc) is 3.47. The Morgan fingerprint density at radius 3 is 2.27 bits per heavy atom. The van der Waals surface area contributed by atoms with Gasteiger partial charge in [0.15, 0.2) is 11.2 Å². The lowest BCUT2D eigenvalue weighted by Gasteiger charge is -2.16. The molecule has 0 bridgehead atoms. The molecule has 5 aromatic rings. The second-order valence-electron chi connectivity index (χ2n) is 9.19. The monoisotopic (exact) mass is 594 g/mol. The summed E-state index contributed by atoms with van der Waals surface area (Å²) in [5, 5.41) is 26.3. The van der Waals surface area contributed by atoms with Crippen molar-refractivity contribution in [3.63, 3.8) is 0 Å². The molecular weight excluding hydrogens is 560 g/mol. The SMILES string of the molecule is CC.CC(=N)C#N.CCn1cnc2c1c(=O)nc(Nc1ccc(Oc3ccc(C(=O)O)cn3)cc1)n2Cc1ccc(C)cc1. The van der Waals surface area contributed by atoms with E-state index in [1.54, 1.807) is 41.2 Å². The number of hydrogen-bond acceptors (Lipinski definition) is 9. The highest BCUT2D eigenvalue weighted by Crippen LogP contribution is 2.24. The zero-order chi connectivity index (χ0) is 32.2. The molecule has 3 heterocycles. The third kappa shape index (κ3) is 8.36. The van der Waals surface area contributed by atoms with Gasteiger partial charge in [-0.1, -0.05) is 43.7 Å². The topological polar surface area (TPSA) is 172 Å². The zero-order valence-electron chi connectivity index (χ0n) is 25.2. The van der Waals surface area contributed by atoms with Crippen LogP contribution >= 0.6 is 0 Å². The Bertz CT molecular complexity index is 1820. The maximum absolute atomic E-state index is 12.9. The Morgan fingerprint density at radius 1 is 1.07 bits per heavy atom. The van der Waals surface area contributed by atoms with Gasteiger partial charge < -0.3 is 19.7 Å². The number of carboxylic acid groups (broad SMARTS) is 1. The van der Waals surface area contributed by atoms with Gasteiger partial charge in [0.2, 0.25) is 11.8 Å². The van der Waals surface area contributed by atoms with Crippen molar-refractivity contribution in [2.75, 3.05) is 5.32 Å². The number of carbonyl (C=O) groups is 1. The van der Waals surface area contributed by atoms with Gasteiger partial charge in [-0.3, -0.25) is 14.8 Å². The first-order valence-electron chi connectivity index (χ1n) is 13.9. The number of hydrogen-bond donors (Lipinski definition) is 3. The fourth-order valence-electron chi connectivity index (χ4n) is 3.88. The number of imidazole rings is 1. The summed E-state index contributed by atoms with van der Waals surface area (Å²) >= 11 is 0. The Kier molecular flexibility index (Phi) is 11.4. The second-order valence-corrected chi connectivity index (χ2v) is 9.19. The number of pyridine rings is 1. The number of carboxylic acids is 1. The van der Waals surface area contributed by atoms with Gasteiger partial charge in [0.25, 0.3) is 0 Å². The minimum Gasteiger partial charge on any atom is -0.478 e. The van der Waals surface area contributed by atoms with Crippen molar-refractivity contribution in [3.8, 4) is 17.7 Å². The van der Waals surface area contributed by atoms with E-state index < -0.39 is 5.97 Å². The Hall–Kier alpha value is -5.83. The molecule has 12 nitrogen and oxygen atoms in total. The Labute approximate surface area is 254 Å². The van der Waals surface area contributed by atoms with Gasteiger partial charge in [-0.05, 0) is 56.7 Å². The predicted octanol–water partition coefficient (Wildman–Crippen LogP) is 6.17. The van der Waals surface area contributed by atoms with Crippen LogP contribution < -0.4 is 15.6 Å². The van der Waals surface area contributed by atoms with E-state index in [1.165, 1.54) is 25.3 Å². The van der Waals surface area contributed by atoms with Crippen LogP contribution in [0.5, 0.6) is 11.6 Å². The third-order valence-corrected chi connectivity index (χ3v) is 6.03. The zero-order valence-corrected chi connectivity index (χ0v) is 25.2. The summed E-state index contributed by atoms with van der Waals surface area (Å²) in [4.78, 5) is 36.8. The Balaban J connectivity index is 0.000000688. The summed E-state index contributed by atoms with van der Waals surface area (Å²) in [6, 6.07) is 19.8. The minimum atomic E-state index is -1.05. The first-order valence-corrected chi connectivity index (χ1v) is 13.9. The molecule has 0 amide bonds. The molecule has 0 unspecified atom stereocenters. The molecule has 2 aromatic carbocycles. The van der Waals surface area contributed by atoms with Crippen LogP contribution in [0.2, 0.25) is 0 Å². The van der Waals surface area contributed by atoms with Crippen molar-refractivity contribution in [3.05, 3.63) is 100 Å². The van der Waals surface area contributed by atoms with Crippen molar-refractivity contribution >= 4 is 34.5 Å². The molecule has 0 aliphatic rings. The molecule has 0 aliphatic carbocycles. The van der Waals surface area contributed by atoms with E-state index in [1.807, 2.05) is 56.5 Å². The first-order chi connectivity index (χ1) is 21.2. The lowest BCUT2D eigenvalue weighted by atomic mass is 10.1. The molecule has 0 spiro atoms. The molecule has 44 heavy (non-hydrogen) atoms. The number of nitrogens with zero attached hydrogens (tertiary/aromatic N) is 6. The van der Waals surface area contributed by atoms with Gasteiger partial charge in [0.1, 0.15) is 17.5 Å². The number of aryl methyl sites for hydroxylation is 2.